The third kappa shape index (κ3) is 5.84. The van der Waals surface area contributed by atoms with E-state index in [4.69, 9.17) is 9.47 Å². The van der Waals surface area contributed by atoms with E-state index in [-0.39, 0.29) is 11.1 Å². The molecule has 0 N–H and O–H groups in total. The molecular weight excluding hydrogens is 434 g/mol. The van der Waals surface area contributed by atoms with E-state index in [1.165, 1.54) is 10.5 Å². The summed E-state index contributed by atoms with van der Waals surface area (Å²) in [5, 5.41) is -0.228. The first-order chi connectivity index (χ1) is 16.1. The lowest BCUT2D eigenvalue weighted by Gasteiger charge is -2.12. The van der Waals surface area contributed by atoms with Crippen molar-refractivity contribution in [1.82, 2.24) is 4.90 Å². The molecule has 1 saturated heterocycles. The number of ether oxygens (including phenoxy) is 2. The summed E-state index contributed by atoms with van der Waals surface area (Å²) in [5.74, 6) is 0.940. The predicted molar refractivity (Wildman–Crippen MR) is 131 cm³/mol. The van der Waals surface area contributed by atoms with Crippen molar-refractivity contribution in [3.8, 4) is 11.5 Å². The molecule has 33 heavy (non-hydrogen) atoms. The van der Waals surface area contributed by atoms with Crippen LogP contribution in [0.3, 0.4) is 0 Å². The maximum absolute atomic E-state index is 12.8. The van der Waals surface area contributed by atoms with Gasteiger partial charge in [0.1, 0.15) is 6.61 Å². The van der Waals surface area contributed by atoms with Crippen LogP contribution in [0.25, 0.3) is 6.08 Å². The molecule has 1 aliphatic rings. The second-order valence-electron chi connectivity index (χ2n) is 7.61. The maximum atomic E-state index is 12.8. The van der Waals surface area contributed by atoms with E-state index in [9.17, 15) is 9.59 Å². The first-order valence-electron chi connectivity index (χ1n) is 10.8. The largest absolute Gasteiger partial charge is 0.493 e. The molecule has 4 rings (SSSR count). The fraction of sp³-hybridized carbons (Fsp3) is 0.185. The van der Waals surface area contributed by atoms with E-state index < -0.39 is 0 Å². The molecule has 3 aromatic carbocycles. The van der Waals surface area contributed by atoms with Gasteiger partial charge in [-0.25, -0.2) is 0 Å². The first-order valence-corrected chi connectivity index (χ1v) is 11.6. The van der Waals surface area contributed by atoms with Gasteiger partial charge in [-0.3, -0.25) is 14.5 Å². The van der Waals surface area contributed by atoms with E-state index >= 15 is 0 Å². The highest BCUT2D eigenvalue weighted by Gasteiger charge is 2.34. The van der Waals surface area contributed by atoms with Crippen LogP contribution in [0.4, 0.5) is 4.79 Å². The Labute approximate surface area is 198 Å². The quantitative estimate of drug-likeness (QED) is 0.371. The lowest BCUT2D eigenvalue weighted by atomic mass is 10.1. The summed E-state index contributed by atoms with van der Waals surface area (Å²) in [6.07, 6.45) is 3.28. The molecule has 0 unspecified atom stereocenters. The number of carbonyl (C=O) groups excluding carboxylic acids is 2. The van der Waals surface area contributed by atoms with Crippen LogP contribution in [0, 0.1) is 0 Å². The van der Waals surface area contributed by atoms with Crippen LogP contribution < -0.4 is 9.47 Å². The van der Waals surface area contributed by atoms with Crippen molar-refractivity contribution in [1.29, 1.82) is 0 Å². The lowest BCUT2D eigenvalue weighted by Crippen LogP contribution is -2.29. The van der Waals surface area contributed by atoms with Crippen molar-refractivity contribution in [2.75, 3.05) is 13.7 Å². The van der Waals surface area contributed by atoms with Gasteiger partial charge < -0.3 is 9.47 Å². The normalized spacial score (nSPS) is 14.7. The summed E-state index contributed by atoms with van der Waals surface area (Å²) in [4.78, 5) is 27.0. The van der Waals surface area contributed by atoms with Gasteiger partial charge in [-0.2, -0.15) is 0 Å². The van der Waals surface area contributed by atoms with E-state index in [1.54, 1.807) is 13.2 Å². The first kappa shape index (κ1) is 22.7. The predicted octanol–water partition coefficient (Wildman–Crippen LogP) is 5.94. The van der Waals surface area contributed by atoms with Gasteiger partial charge in [0.25, 0.3) is 11.1 Å². The maximum Gasteiger partial charge on any atom is 0.293 e. The fourth-order valence-corrected chi connectivity index (χ4v) is 4.42. The van der Waals surface area contributed by atoms with Crippen molar-refractivity contribution in [3.05, 3.63) is 100 Å². The molecule has 0 aliphatic carbocycles. The SMILES string of the molecule is COc1cc(/C=C2/SC(=O)N(CCCc3ccccc3)C2=O)ccc1OCc1ccccc1. The molecule has 1 aliphatic heterocycles. The van der Waals surface area contributed by atoms with Crippen LogP contribution in [0.1, 0.15) is 23.1 Å². The van der Waals surface area contributed by atoms with Crippen molar-refractivity contribution in [2.24, 2.45) is 0 Å². The van der Waals surface area contributed by atoms with Crippen molar-refractivity contribution >= 4 is 29.0 Å². The van der Waals surface area contributed by atoms with Crippen LogP contribution in [-0.2, 0) is 17.8 Å². The highest BCUT2D eigenvalue weighted by Crippen LogP contribution is 2.35. The molecule has 1 heterocycles. The lowest BCUT2D eigenvalue weighted by molar-refractivity contribution is -0.122. The number of thioether (sulfide) groups is 1. The number of hydrogen-bond acceptors (Lipinski definition) is 5. The highest BCUT2D eigenvalue weighted by atomic mass is 32.2. The Morgan fingerprint density at radius 2 is 1.58 bits per heavy atom. The molecule has 0 saturated carbocycles. The zero-order valence-corrected chi connectivity index (χ0v) is 19.2. The monoisotopic (exact) mass is 459 g/mol. The van der Waals surface area contributed by atoms with Crippen molar-refractivity contribution in [2.45, 2.75) is 19.4 Å². The molecule has 0 radical (unpaired) electrons. The Kier molecular flexibility index (Phi) is 7.47. The van der Waals surface area contributed by atoms with Crippen LogP contribution >= 0.6 is 11.8 Å². The summed E-state index contributed by atoms with van der Waals surface area (Å²) in [6, 6.07) is 25.4. The van der Waals surface area contributed by atoms with Gasteiger partial charge in [0, 0.05) is 6.54 Å². The standard InChI is InChI=1S/C27H25NO4S/c1-31-24-17-22(14-15-23(24)32-19-21-11-6-3-7-12-21)18-25-26(29)28(27(30)33-25)16-8-13-20-9-4-2-5-10-20/h2-7,9-12,14-15,17-18H,8,13,16,19H2,1H3/b25-18+. The zero-order chi connectivity index (χ0) is 23.0. The number of nitrogens with zero attached hydrogens (tertiary/aromatic N) is 1. The number of hydrogen-bond donors (Lipinski definition) is 0. The number of imide groups is 1. The molecule has 3 aromatic rings. The summed E-state index contributed by atoms with van der Waals surface area (Å²) in [6.45, 7) is 0.838. The van der Waals surface area contributed by atoms with Crippen molar-refractivity contribution in [3.63, 3.8) is 0 Å². The highest BCUT2D eigenvalue weighted by molar-refractivity contribution is 8.18. The Bertz CT molecular complexity index is 1150. The minimum atomic E-state index is -0.249. The fourth-order valence-electron chi connectivity index (χ4n) is 3.56. The summed E-state index contributed by atoms with van der Waals surface area (Å²) in [5.41, 5.74) is 3.03. The number of benzene rings is 3. The number of carbonyl (C=O) groups is 2. The average molecular weight is 460 g/mol. The molecule has 0 aromatic heterocycles. The van der Waals surface area contributed by atoms with Crippen LogP contribution in [0.15, 0.2) is 83.8 Å². The molecule has 2 amide bonds. The number of methoxy groups -OCH3 is 1. The van der Waals surface area contributed by atoms with E-state index in [2.05, 4.69) is 0 Å². The topological polar surface area (TPSA) is 55.8 Å². The molecule has 0 bridgehead atoms. The number of rotatable bonds is 9. The average Bonchev–Trinajstić information content (AvgIpc) is 3.11. The summed E-state index contributed by atoms with van der Waals surface area (Å²) >= 11 is 0.975. The third-order valence-corrected chi connectivity index (χ3v) is 6.19. The van der Waals surface area contributed by atoms with Crippen LogP contribution in [-0.4, -0.2) is 29.7 Å². The second-order valence-corrected chi connectivity index (χ2v) is 8.60. The zero-order valence-electron chi connectivity index (χ0n) is 18.4. The van der Waals surface area contributed by atoms with Crippen LogP contribution in [0.5, 0.6) is 11.5 Å². The molecule has 1 fully saturated rings. The molecule has 168 valence electrons. The minimum Gasteiger partial charge on any atom is -0.493 e. The Morgan fingerprint density at radius 3 is 2.27 bits per heavy atom. The van der Waals surface area contributed by atoms with E-state index in [0.717, 1.165) is 35.7 Å². The number of amides is 2. The third-order valence-electron chi connectivity index (χ3n) is 5.29. The smallest absolute Gasteiger partial charge is 0.293 e. The molecule has 0 spiro atoms. The molecule has 0 atom stereocenters. The molecule has 6 heteroatoms. The second kappa shape index (κ2) is 10.9. The van der Waals surface area contributed by atoms with Gasteiger partial charge >= 0.3 is 0 Å². The van der Waals surface area contributed by atoms with Gasteiger partial charge in [0.2, 0.25) is 0 Å². The van der Waals surface area contributed by atoms with Crippen LogP contribution in [0.2, 0.25) is 0 Å². The molecular formula is C27H25NO4S. The van der Waals surface area contributed by atoms with Gasteiger partial charge in [-0.15, -0.1) is 0 Å². The minimum absolute atomic E-state index is 0.228. The Morgan fingerprint density at radius 1 is 0.879 bits per heavy atom. The van der Waals surface area contributed by atoms with Crippen molar-refractivity contribution < 1.29 is 19.1 Å². The Balaban J connectivity index is 1.40. The Hall–Kier alpha value is -3.51. The van der Waals surface area contributed by atoms with E-state index in [1.807, 2.05) is 78.9 Å². The van der Waals surface area contributed by atoms with Gasteiger partial charge in [-0.05, 0) is 59.5 Å². The number of aryl methyl sites for hydroxylation is 1. The van der Waals surface area contributed by atoms with Gasteiger partial charge in [0.05, 0.1) is 12.0 Å². The molecule has 5 nitrogen and oxygen atoms in total. The van der Waals surface area contributed by atoms with Gasteiger partial charge in [0.15, 0.2) is 11.5 Å². The van der Waals surface area contributed by atoms with E-state index in [0.29, 0.717) is 29.6 Å². The summed E-state index contributed by atoms with van der Waals surface area (Å²) in [7, 11) is 1.58. The summed E-state index contributed by atoms with van der Waals surface area (Å²) < 4.78 is 11.4. The van der Waals surface area contributed by atoms with Gasteiger partial charge in [-0.1, -0.05) is 66.7 Å².